The molecule has 2 aromatic heterocycles. The molecule has 1 aromatic carbocycles. The van der Waals surface area contributed by atoms with Crippen LogP contribution in [0, 0.1) is 0 Å². The number of nitrogens with two attached hydrogens (primary N) is 1. The lowest BCUT2D eigenvalue weighted by Crippen LogP contribution is -2.23. The van der Waals surface area contributed by atoms with E-state index in [-0.39, 0.29) is 11.2 Å². The lowest BCUT2D eigenvalue weighted by atomic mass is 10.2. The van der Waals surface area contributed by atoms with E-state index in [9.17, 15) is 9.59 Å². The van der Waals surface area contributed by atoms with Crippen molar-refractivity contribution in [2.45, 2.75) is 36.2 Å². The van der Waals surface area contributed by atoms with Crippen LogP contribution in [0.1, 0.15) is 36.2 Å². The minimum atomic E-state index is -0.497. The van der Waals surface area contributed by atoms with Gasteiger partial charge in [0.25, 0.3) is 0 Å². The molecule has 3 aromatic rings. The normalized spacial score (nSPS) is 14.6. The van der Waals surface area contributed by atoms with Crippen molar-refractivity contribution in [3.05, 3.63) is 47.3 Å². The van der Waals surface area contributed by atoms with E-state index in [2.05, 4.69) is 20.1 Å². The minimum absolute atomic E-state index is 0.139. The van der Waals surface area contributed by atoms with E-state index in [1.165, 1.54) is 11.8 Å². The Morgan fingerprint density at radius 2 is 2.00 bits per heavy atom. The van der Waals surface area contributed by atoms with Gasteiger partial charge in [-0.1, -0.05) is 17.8 Å². The predicted octanol–water partition coefficient (Wildman–Crippen LogP) is 3.56. The van der Waals surface area contributed by atoms with E-state index in [1.54, 1.807) is 35.6 Å². The maximum absolute atomic E-state index is 12.6. The fourth-order valence-corrected chi connectivity index (χ4v) is 4.39. The highest BCUT2D eigenvalue weighted by Crippen LogP contribution is 2.42. The summed E-state index contributed by atoms with van der Waals surface area (Å²) in [5.74, 6) is 0.234. The van der Waals surface area contributed by atoms with Crippen molar-refractivity contribution in [2.24, 2.45) is 5.73 Å². The summed E-state index contributed by atoms with van der Waals surface area (Å²) in [6, 6.07) is 10.9. The monoisotopic (exact) mass is 413 g/mol. The van der Waals surface area contributed by atoms with Crippen LogP contribution in [-0.4, -0.2) is 31.8 Å². The molecule has 0 saturated heterocycles. The maximum atomic E-state index is 12.6. The SMILES string of the molecule is C[C@H](Sc1nnc(-c2cccs2)n1C1CC1)C(=O)Nc1ccc(C(N)=O)cc1. The third kappa shape index (κ3) is 3.95. The number of nitrogens with zero attached hydrogens (tertiary/aromatic N) is 3. The van der Waals surface area contributed by atoms with Crippen molar-refractivity contribution >= 4 is 40.6 Å². The number of benzene rings is 1. The van der Waals surface area contributed by atoms with Crippen LogP contribution in [-0.2, 0) is 4.79 Å². The van der Waals surface area contributed by atoms with Gasteiger partial charge in [-0.15, -0.1) is 21.5 Å². The predicted molar refractivity (Wildman–Crippen MR) is 111 cm³/mol. The first-order valence-corrected chi connectivity index (χ1v) is 10.6. The van der Waals surface area contributed by atoms with Crippen molar-refractivity contribution in [1.82, 2.24) is 14.8 Å². The van der Waals surface area contributed by atoms with Crippen molar-refractivity contribution in [2.75, 3.05) is 5.32 Å². The van der Waals surface area contributed by atoms with Crippen molar-refractivity contribution in [1.29, 1.82) is 0 Å². The molecule has 7 nitrogen and oxygen atoms in total. The molecule has 1 aliphatic carbocycles. The van der Waals surface area contributed by atoms with E-state index in [0.717, 1.165) is 28.7 Å². The molecule has 0 bridgehead atoms. The zero-order valence-electron chi connectivity index (χ0n) is 15.2. The van der Waals surface area contributed by atoms with Gasteiger partial charge in [0.1, 0.15) is 0 Å². The van der Waals surface area contributed by atoms with Gasteiger partial charge in [0, 0.05) is 17.3 Å². The zero-order chi connectivity index (χ0) is 19.7. The Bertz CT molecular complexity index is 994. The summed E-state index contributed by atoms with van der Waals surface area (Å²) in [5, 5.41) is 14.0. The molecule has 2 heterocycles. The number of carbonyl (C=O) groups excluding carboxylic acids is 2. The Hall–Kier alpha value is -2.65. The lowest BCUT2D eigenvalue weighted by molar-refractivity contribution is -0.115. The molecule has 144 valence electrons. The Labute approximate surface area is 170 Å². The van der Waals surface area contributed by atoms with E-state index in [0.29, 0.717) is 17.3 Å². The number of hydrogen-bond acceptors (Lipinski definition) is 6. The Morgan fingerprint density at radius 1 is 1.25 bits per heavy atom. The topological polar surface area (TPSA) is 103 Å². The molecule has 0 radical (unpaired) electrons. The number of carbonyl (C=O) groups is 2. The average molecular weight is 414 g/mol. The molecular formula is C19H19N5O2S2. The van der Waals surface area contributed by atoms with E-state index < -0.39 is 5.91 Å². The van der Waals surface area contributed by atoms with Gasteiger partial charge in [0.15, 0.2) is 11.0 Å². The van der Waals surface area contributed by atoms with Gasteiger partial charge < -0.3 is 11.1 Å². The lowest BCUT2D eigenvalue weighted by Gasteiger charge is -2.13. The highest BCUT2D eigenvalue weighted by atomic mass is 32.2. The van der Waals surface area contributed by atoms with Gasteiger partial charge in [0.2, 0.25) is 11.8 Å². The molecule has 3 N–H and O–H groups in total. The molecule has 1 aliphatic rings. The summed E-state index contributed by atoms with van der Waals surface area (Å²) < 4.78 is 2.15. The number of thioether (sulfide) groups is 1. The second-order valence-electron chi connectivity index (χ2n) is 6.58. The fraction of sp³-hybridized carbons (Fsp3) is 0.263. The first-order chi connectivity index (χ1) is 13.5. The molecular weight excluding hydrogens is 394 g/mol. The van der Waals surface area contributed by atoms with Gasteiger partial charge in [-0.3, -0.25) is 14.2 Å². The van der Waals surface area contributed by atoms with Crippen LogP contribution in [0.3, 0.4) is 0 Å². The third-order valence-corrected chi connectivity index (χ3v) is 6.33. The van der Waals surface area contributed by atoms with Gasteiger partial charge in [-0.2, -0.15) is 0 Å². The smallest absolute Gasteiger partial charge is 0.248 e. The molecule has 9 heteroatoms. The number of thiophene rings is 1. The summed E-state index contributed by atoms with van der Waals surface area (Å²) in [7, 11) is 0. The molecule has 1 atom stereocenters. The van der Waals surface area contributed by atoms with Gasteiger partial charge in [-0.05, 0) is 55.5 Å². The molecule has 4 rings (SSSR count). The summed E-state index contributed by atoms with van der Waals surface area (Å²) >= 11 is 3.03. The van der Waals surface area contributed by atoms with Gasteiger partial charge >= 0.3 is 0 Å². The summed E-state index contributed by atoms with van der Waals surface area (Å²) in [5.41, 5.74) is 6.25. The maximum Gasteiger partial charge on any atom is 0.248 e. The first-order valence-electron chi connectivity index (χ1n) is 8.89. The number of amides is 2. The zero-order valence-corrected chi connectivity index (χ0v) is 16.8. The Balaban J connectivity index is 1.47. The fourth-order valence-electron chi connectivity index (χ4n) is 2.77. The second-order valence-corrected chi connectivity index (χ2v) is 8.83. The number of nitrogens with one attached hydrogen (secondary N) is 1. The first kappa shape index (κ1) is 18.7. The van der Waals surface area contributed by atoms with Gasteiger partial charge in [0.05, 0.1) is 10.1 Å². The number of rotatable bonds is 7. The quantitative estimate of drug-likeness (QED) is 0.577. The second kappa shape index (κ2) is 7.76. The van der Waals surface area contributed by atoms with Crippen LogP contribution in [0.2, 0.25) is 0 Å². The standard InChI is InChI=1S/C19H19N5O2S2/c1-11(18(26)21-13-6-4-12(5-7-13)16(20)25)28-19-23-22-17(15-3-2-10-27-15)24(19)14-8-9-14/h2-7,10-11,14H,8-9H2,1H3,(H2,20,25)(H,21,26)/t11-/m0/s1. The minimum Gasteiger partial charge on any atom is -0.366 e. The highest BCUT2D eigenvalue weighted by Gasteiger charge is 2.31. The van der Waals surface area contributed by atoms with Crippen LogP contribution in [0.4, 0.5) is 5.69 Å². The molecule has 1 fully saturated rings. The van der Waals surface area contributed by atoms with Crippen LogP contribution >= 0.6 is 23.1 Å². The summed E-state index contributed by atoms with van der Waals surface area (Å²) in [6.45, 7) is 1.84. The van der Waals surface area contributed by atoms with E-state index in [1.807, 2.05) is 24.4 Å². The van der Waals surface area contributed by atoms with Crippen LogP contribution in [0.25, 0.3) is 10.7 Å². The number of aromatic nitrogens is 3. The third-order valence-electron chi connectivity index (χ3n) is 4.41. The largest absolute Gasteiger partial charge is 0.366 e. The van der Waals surface area contributed by atoms with Crippen LogP contribution < -0.4 is 11.1 Å². The van der Waals surface area contributed by atoms with E-state index in [4.69, 9.17) is 5.73 Å². The summed E-state index contributed by atoms with van der Waals surface area (Å²) in [4.78, 5) is 24.8. The molecule has 1 saturated carbocycles. The van der Waals surface area contributed by atoms with Gasteiger partial charge in [-0.25, -0.2) is 0 Å². The van der Waals surface area contributed by atoms with Crippen LogP contribution in [0.5, 0.6) is 0 Å². The summed E-state index contributed by atoms with van der Waals surface area (Å²) in [6.07, 6.45) is 2.22. The highest BCUT2D eigenvalue weighted by molar-refractivity contribution is 8.00. The molecule has 0 spiro atoms. The van der Waals surface area contributed by atoms with Crippen molar-refractivity contribution < 1.29 is 9.59 Å². The molecule has 28 heavy (non-hydrogen) atoms. The molecule has 0 unspecified atom stereocenters. The van der Waals surface area contributed by atoms with E-state index >= 15 is 0 Å². The Morgan fingerprint density at radius 3 is 2.61 bits per heavy atom. The van der Waals surface area contributed by atoms with Crippen molar-refractivity contribution in [3.8, 4) is 10.7 Å². The average Bonchev–Trinajstić information content (AvgIpc) is 3.20. The Kier molecular flexibility index (Phi) is 5.19. The number of hydrogen-bond donors (Lipinski definition) is 2. The molecule has 2 amide bonds. The number of anilines is 1. The van der Waals surface area contributed by atoms with Crippen molar-refractivity contribution in [3.63, 3.8) is 0 Å². The number of primary amides is 1. The van der Waals surface area contributed by atoms with Crippen LogP contribution in [0.15, 0.2) is 46.9 Å². The molecule has 0 aliphatic heterocycles.